The van der Waals surface area contributed by atoms with E-state index >= 15 is 0 Å². The summed E-state index contributed by atoms with van der Waals surface area (Å²) < 4.78 is 12.9. The number of amides is 1. The van der Waals surface area contributed by atoms with Gasteiger partial charge in [-0.25, -0.2) is 4.39 Å². The highest BCUT2D eigenvalue weighted by Gasteiger charge is 2.17. The van der Waals surface area contributed by atoms with Crippen molar-refractivity contribution in [2.45, 2.75) is 11.3 Å². The summed E-state index contributed by atoms with van der Waals surface area (Å²) in [6, 6.07) is 16.5. The normalized spacial score (nSPS) is 14.5. The van der Waals surface area contributed by atoms with Crippen molar-refractivity contribution in [2.24, 2.45) is 0 Å². The Balaban J connectivity index is 1.54. The van der Waals surface area contributed by atoms with Crippen LogP contribution in [-0.2, 0) is 4.79 Å². The maximum absolute atomic E-state index is 12.9. The highest BCUT2D eigenvalue weighted by Crippen LogP contribution is 2.23. The molecule has 1 aliphatic heterocycles. The zero-order valence-corrected chi connectivity index (χ0v) is 13.6. The Morgan fingerprint density at radius 3 is 2.48 bits per heavy atom. The molecule has 0 saturated carbocycles. The minimum absolute atomic E-state index is 0.127. The molecule has 0 saturated heterocycles. The number of hydrogen-bond acceptors (Lipinski definition) is 2. The van der Waals surface area contributed by atoms with Crippen molar-refractivity contribution in [1.29, 1.82) is 0 Å². The molecular formula is C19H18FNOS. The standard InChI is InChI=1S/C19H18FNOS/c20-17-6-8-18(9-7-17)23-14-19(22)21-12-10-16(11-13-21)15-4-2-1-3-5-15/h1-10H,11-14H2. The maximum atomic E-state index is 12.9. The van der Waals surface area contributed by atoms with E-state index in [1.165, 1.54) is 35.0 Å². The number of carbonyl (C=O) groups is 1. The molecule has 0 aliphatic carbocycles. The predicted molar refractivity (Wildman–Crippen MR) is 92.7 cm³/mol. The van der Waals surface area contributed by atoms with E-state index in [0.29, 0.717) is 12.3 Å². The number of rotatable bonds is 4. The third-order valence-electron chi connectivity index (χ3n) is 3.88. The summed E-state index contributed by atoms with van der Waals surface area (Å²) in [4.78, 5) is 15.1. The number of halogens is 1. The lowest BCUT2D eigenvalue weighted by atomic mass is 10.00. The van der Waals surface area contributed by atoms with Gasteiger partial charge in [0.05, 0.1) is 5.75 Å². The Labute approximate surface area is 140 Å². The van der Waals surface area contributed by atoms with E-state index in [9.17, 15) is 9.18 Å². The van der Waals surface area contributed by atoms with Crippen LogP contribution in [0.1, 0.15) is 12.0 Å². The van der Waals surface area contributed by atoms with Crippen LogP contribution in [0.25, 0.3) is 5.57 Å². The van der Waals surface area contributed by atoms with Crippen molar-refractivity contribution in [3.63, 3.8) is 0 Å². The fourth-order valence-electron chi connectivity index (χ4n) is 2.58. The van der Waals surface area contributed by atoms with Gasteiger partial charge in [0, 0.05) is 18.0 Å². The van der Waals surface area contributed by atoms with Crippen LogP contribution in [0.5, 0.6) is 0 Å². The number of carbonyl (C=O) groups excluding carboxylic acids is 1. The molecule has 0 fully saturated rings. The van der Waals surface area contributed by atoms with E-state index in [1.807, 2.05) is 23.1 Å². The van der Waals surface area contributed by atoms with Gasteiger partial charge in [-0.2, -0.15) is 0 Å². The van der Waals surface area contributed by atoms with Gasteiger partial charge in [0.1, 0.15) is 5.82 Å². The van der Waals surface area contributed by atoms with Gasteiger partial charge in [0.15, 0.2) is 0 Å². The number of benzene rings is 2. The first kappa shape index (κ1) is 15.8. The van der Waals surface area contributed by atoms with Gasteiger partial charge in [-0.1, -0.05) is 36.4 Å². The summed E-state index contributed by atoms with van der Waals surface area (Å²) in [5, 5.41) is 0. The van der Waals surface area contributed by atoms with Crippen molar-refractivity contribution in [2.75, 3.05) is 18.8 Å². The molecule has 4 heteroatoms. The third-order valence-corrected chi connectivity index (χ3v) is 4.88. The number of hydrogen-bond donors (Lipinski definition) is 0. The summed E-state index contributed by atoms with van der Waals surface area (Å²) in [5.74, 6) is 0.262. The smallest absolute Gasteiger partial charge is 0.233 e. The summed E-state index contributed by atoms with van der Waals surface area (Å²) >= 11 is 1.45. The van der Waals surface area contributed by atoms with Gasteiger partial charge in [-0.05, 0) is 41.8 Å². The monoisotopic (exact) mass is 327 g/mol. The predicted octanol–water partition coefficient (Wildman–Crippen LogP) is 4.23. The Kier molecular flexibility index (Phi) is 5.13. The largest absolute Gasteiger partial charge is 0.338 e. The van der Waals surface area contributed by atoms with Crippen molar-refractivity contribution >= 4 is 23.2 Å². The molecule has 1 aliphatic rings. The molecule has 0 bridgehead atoms. The van der Waals surface area contributed by atoms with Crippen molar-refractivity contribution in [3.05, 3.63) is 72.1 Å². The van der Waals surface area contributed by atoms with Crippen LogP contribution in [-0.4, -0.2) is 29.6 Å². The Bertz CT molecular complexity index is 697. The van der Waals surface area contributed by atoms with Crippen molar-refractivity contribution in [3.8, 4) is 0 Å². The molecule has 0 radical (unpaired) electrons. The molecule has 2 aromatic rings. The van der Waals surface area contributed by atoms with Crippen LogP contribution >= 0.6 is 11.8 Å². The van der Waals surface area contributed by atoms with Gasteiger partial charge in [0.2, 0.25) is 5.91 Å². The second-order valence-corrected chi connectivity index (χ2v) is 6.48. The lowest BCUT2D eigenvalue weighted by Crippen LogP contribution is -2.35. The van der Waals surface area contributed by atoms with Crippen LogP contribution in [0.2, 0.25) is 0 Å². The first-order chi connectivity index (χ1) is 11.2. The molecule has 2 aromatic carbocycles. The van der Waals surface area contributed by atoms with Crippen LogP contribution in [0, 0.1) is 5.82 Å². The molecule has 0 aromatic heterocycles. The molecule has 1 heterocycles. The lowest BCUT2D eigenvalue weighted by Gasteiger charge is -2.26. The molecule has 0 atom stereocenters. The fourth-order valence-corrected chi connectivity index (χ4v) is 3.38. The Hall–Kier alpha value is -2.07. The molecular weight excluding hydrogens is 309 g/mol. The minimum atomic E-state index is -0.254. The quantitative estimate of drug-likeness (QED) is 0.783. The van der Waals surface area contributed by atoms with E-state index in [1.54, 1.807) is 12.1 Å². The van der Waals surface area contributed by atoms with E-state index in [4.69, 9.17) is 0 Å². The molecule has 2 nitrogen and oxygen atoms in total. The second-order valence-electron chi connectivity index (χ2n) is 5.43. The minimum Gasteiger partial charge on any atom is -0.338 e. The first-order valence-corrected chi connectivity index (χ1v) is 8.61. The zero-order chi connectivity index (χ0) is 16.1. The summed E-state index contributed by atoms with van der Waals surface area (Å²) in [6.45, 7) is 1.41. The van der Waals surface area contributed by atoms with Crippen molar-refractivity contribution < 1.29 is 9.18 Å². The SMILES string of the molecule is O=C(CSc1ccc(F)cc1)N1CC=C(c2ccccc2)CC1. The maximum Gasteiger partial charge on any atom is 0.233 e. The highest BCUT2D eigenvalue weighted by atomic mass is 32.2. The van der Waals surface area contributed by atoms with Crippen LogP contribution in [0.3, 0.4) is 0 Å². The first-order valence-electron chi connectivity index (χ1n) is 7.63. The molecule has 0 unspecified atom stereocenters. The molecule has 0 spiro atoms. The molecule has 0 N–H and O–H groups in total. The second kappa shape index (κ2) is 7.47. The molecule has 3 rings (SSSR count). The third kappa shape index (κ3) is 4.23. The Morgan fingerprint density at radius 1 is 1.09 bits per heavy atom. The van der Waals surface area contributed by atoms with E-state index in [-0.39, 0.29) is 11.7 Å². The average Bonchev–Trinajstić information content (AvgIpc) is 2.62. The average molecular weight is 327 g/mol. The lowest BCUT2D eigenvalue weighted by molar-refractivity contribution is -0.127. The van der Waals surface area contributed by atoms with Gasteiger partial charge in [0.25, 0.3) is 0 Å². The number of thioether (sulfide) groups is 1. The summed E-state index contributed by atoms with van der Waals surface area (Å²) in [6.07, 6.45) is 3.02. The molecule has 118 valence electrons. The summed E-state index contributed by atoms with van der Waals surface area (Å²) in [5.41, 5.74) is 2.54. The van der Waals surface area contributed by atoms with Gasteiger partial charge >= 0.3 is 0 Å². The summed E-state index contributed by atoms with van der Waals surface area (Å²) in [7, 11) is 0. The van der Waals surface area contributed by atoms with E-state index in [0.717, 1.165) is 17.9 Å². The van der Waals surface area contributed by atoms with Crippen LogP contribution < -0.4 is 0 Å². The van der Waals surface area contributed by atoms with E-state index < -0.39 is 0 Å². The highest BCUT2D eigenvalue weighted by molar-refractivity contribution is 8.00. The molecule has 1 amide bonds. The zero-order valence-electron chi connectivity index (χ0n) is 12.7. The Morgan fingerprint density at radius 2 is 1.83 bits per heavy atom. The van der Waals surface area contributed by atoms with Gasteiger partial charge in [-0.3, -0.25) is 4.79 Å². The number of nitrogens with zero attached hydrogens (tertiary/aromatic N) is 1. The van der Waals surface area contributed by atoms with Gasteiger partial charge < -0.3 is 4.90 Å². The molecule has 23 heavy (non-hydrogen) atoms. The fraction of sp³-hybridized carbons (Fsp3) is 0.211. The van der Waals surface area contributed by atoms with E-state index in [2.05, 4.69) is 18.2 Å². The van der Waals surface area contributed by atoms with Crippen LogP contribution in [0.15, 0.2) is 65.6 Å². The van der Waals surface area contributed by atoms with Crippen molar-refractivity contribution in [1.82, 2.24) is 4.90 Å². The topological polar surface area (TPSA) is 20.3 Å². The van der Waals surface area contributed by atoms with Gasteiger partial charge in [-0.15, -0.1) is 11.8 Å². The van der Waals surface area contributed by atoms with Crippen LogP contribution in [0.4, 0.5) is 4.39 Å².